The largest absolute Gasteiger partial charge is 0.379 e. The minimum atomic E-state index is -4.66. The second-order valence-corrected chi connectivity index (χ2v) is 46.3. The molecule has 121 heavy (non-hydrogen) atoms. The molecule has 2 N–H and O–H groups in total. The number of ether oxygens (including phenoxy) is 2. The first-order chi connectivity index (χ1) is 56.9. The molecule has 0 atom stereocenters. The zero-order chi connectivity index (χ0) is 88.4. The number of hydrogen-bond donors (Lipinski definition) is 2. The van der Waals surface area contributed by atoms with Gasteiger partial charge in [-0.3, -0.25) is 0 Å². The lowest BCUT2D eigenvalue weighted by Gasteiger charge is -2.30. The maximum atomic E-state index is 15.2. The average molecular weight is 1840 g/mol. The molecule has 9 aromatic carbocycles. The highest BCUT2D eigenvalue weighted by Gasteiger charge is 2.36. The van der Waals surface area contributed by atoms with Crippen LogP contribution in [-0.4, -0.2) is 237 Å². The number of rotatable bonds is 48. The summed E-state index contributed by atoms with van der Waals surface area (Å²) in [5.41, 5.74) is 6.69. The molecule has 0 aromatic heterocycles. The van der Waals surface area contributed by atoms with Crippen LogP contribution in [0.25, 0.3) is 0 Å². The van der Waals surface area contributed by atoms with Crippen LogP contribution in [0, 0.1) is 62.3 Å². The van der Waals surface area contributed by atoms with E-state index >= 15 is 25.3 Å². The number of sulfonamides is 9. The Labute approximate surface area is 715 Å². The molecule has 0 spiro atoms. The van der Waals surface area contributed by atoms with Crippen molar-refractivity contribution in [2.24, 2.45) is 0 Å². The van der Waals surface area contributed by atoms with Gasteiger partial charge in [-0.25, -0.2) is 85.2 Å². The third-order valence-electron chi connectivity index (χ3n) is 19.9. The minimum absolute atomic E-state index is 0.0609. The summed E-state index contributed by atoms with van der Waals surface area (Å²) in [5.74, 6) is 0. The molecular formula is C83H105N9O20S9. The second kappa shape index (κ2) is 42.2. The van der Waals surface area contributed by atoms with Gasteiger partial charge in [-0.2, -0.15) is 30.1 Å². The SMILES string of the molecule is Cc1ccc(S(=O)(=O)NCCN(CCN(CCOCCN(CCN(CCN(CCOCCN(CCN(CCNS(=O)(=O)c2ccc(C)cc2)S(=O)(=O)c2ccc(C)cc2)S(=O)(=O)c2ccc(C)cc2)S(=O)(=O)c2ccc(C)cc2)S(=O)(=O)c2ccc(C)cc2)S(=O)(=O)c2ccc(C)cc2)S(=O)(=O)c2ccc(C)cc2)S(=O)(=O)c2ccc(C)cc2)cc1. The van der Waals surface area contributed by atoms with E-state index < -0.39 is 221 Å². The van der Waals surface area contributed by atoms with Gasteiger partial charge in [0.05, 0.1) is 70.5 Å². The van der Waals surface area contributed by atoms with Crippen molar-refractivity contribution in [1.29, 1.82) is 0 Å². The van der Waals surface area contributed by atoms with Crippen LogP contribution in [0.5, 0.6) is 0 Å². The van der Waals surface area contributed by atoms with Crippen molar-refractivity contribution in [3.63, 3.8) is 0 Å². The molecule has 656 valence electrons. The molecule has 29 nitrogen and oxygen atoms in total. The van der Waals surface area contributed by atoms with E-state index in [1.807, 2.05) is 0 Å². The predicted octanol–water partition coefficient (Wildman–Crippen LogP) is 8.59. The summed E-state index contributed by atoms with van der Waals surface area (Å²) < 4.78 is 285. The molecule has 0 unspecified atom stereocenters. The van der Waals surface area contributed by atoms with Gasteiger partial charge in [-0.1, -0.05) is 159 Å². The van der Waals surface area contributed by atoms with Crippen molar-refractivity contribution in [3.05, 3.63) is 268 Å². The highest BCUT2D eigenvalue weighted by atomic mass is 32.2. The van der Waals surface area contributed by atoms with Crippen LogP contribution in [-0.2, 0) is 99.7 Å². The highest BCUT2D eigenvalue weighted by Crippen LogP contribution is 2.27. The second-order valence-electron chi connectivity index (χ2n) is 29.2. The first-order valence-corrected chi connectivity index (χ1v) is 51.8. The maximum Gasteiger partial charge on any atom is 0.243 e. The minimum Gasteiger partial charge on any atom is -0.379 e. The molecule has 9 rings (SSSR count). The zero-order valence-corrected chi connectivity index (χ0v) is 76.2. The van der Waals surface area contributed by atoms with Gasteiger partial charge in [0.25, 0.3) is 0 Å². The average Bonchev–Trinajstić information content (AvgIpc) is 0.796. The van der Waals surface area contributed by atoms with Crippen LogP contribution in [0.2, 0.25) is 0 Å². The fourth-order valence-electron chi connectivity index (χ4n) is 12.5. The first kappa shape index (κ1) is 96.9. The van der Waals surface area contributed by atoms with E-state index in [4.69, 9.17) is 9.47 Å². The van der Waals surface area contributed by atoms with Gasteiger partial charge < -0.3 is 9.47 Å². The van der Waals surface area contributed by atoms with Gasteiger partial charge in [0.2, 0.25) is 90.2 Å². The molecule has 0 amide bonds. The van der Waals surface area contributed by atoms with E-state index in [-0.39, 0.29) is 44.1 Å². The summed E-state index contributed by atoms with van der Waals surface area (Å²) in [6, 6.07) is 53.3. The Morgan fingerprint density at radius 2 is 0.306 bits per heavy atom. The molecule has 0 radical (unpaired) electrons. The normalized spacial score (nSPS) is 13.1. The summed E-state index contributed by atoms with van der Waals surface area (Å²) >= 11 is 0. The van der Waals surface area contributed by atoms with Crippen molar-refractivity contribution >= 4 is 90.2 Å². The van der Waals surface area contributed by atoms with Crippen molar-refractivity contribution in [2.45, 2.75) is 106 Å². The van der Waals surface area contributed by atoms with Gasteiger partial charge in [0.1, 0.15) is 0 Å². The first-order valence-electron chi connectivity index (χ1n) is 38.7. The van der Waals surface area contributed by atoms with Crippen molar-refractivity contribution < 1.29 is 85.2 Å². The Morgan fingerprint density at radius 1 is 0.182 bits per heavy atom. The predicted molar refractivity (Wildman–Crippen MR) is 464 cm³/mol. The Hall–Kier alpha value is -7.91. The molecule has 0 aliphatic rings. The fourth-order valence-corrected chi connectivity index (χ4v) is 24.4. The molecule has 0 aliphatic heterocycles. The third-order valence-corrected chi connectivity index (χ3v) is 36.3. The van der Waals surface area contributed by atoms with E-state index in [1.165, 1.54) is 109 Å². The molecule has 0 heterocycles. The fraction of sp³-hybridized carbons (Fsp3) is 0.349. The molecule has 9 aromatic rings. The highest BCUT2D eigenvalue weighted by molar-refractivity contribution is 7.91. The van der Waals surface area contributed by atoms with Crippen molar-refractivity contribution in [2.75, 3.05) is 131 Å². The lowest BCUT2D eigenvalue weighted by molar-refractivity contribution is 0.109. The van der Waals surface area contributed by atoms with Crippen molar-refractivity contribution in [1.82, 2.24) is 39.6 Å². The van der Waals surface area contributed by atoms with Gasteiger partial charge >= 0.3 is 0 Å². The maximum absolute atomic E-state index is 15.2. The molecular weight excluding hydrogens is 1730 g/mol. The van der Waals surface area contributed by atoms with Crippen LogP contribution in [0.1, 0.15) is 50.1 Å². The number of aryl methyl sites for hydroxylation is 9. The van der Waals surface area contributed by atoms with E-state index in [9.17, 15) is 50.5 Å². The Kier molecular flexibility index (Phi) is 33.8. The number of nitrogens with zero attached hydrogens (tertiary/aromatic N) is 7. The van der Waals surface area contributed by atoms with Crippen LogP contribution >= 0.6 is 0 Å². The lowest BCUT2D eigenvalue weighted by atomic mass is 10.2. The van der Waals surface area contributed by atoms with Crippen LogP contribution < -0.4 is 9.44 Å². The molecule has 0 aliphatic carbocycles. The molecule has 38 heteroatoms. The number of benzene rings is 9. The molecule has 0 bridgehead atoms. The summed E-state index contributed by atoms with van der Waals surface area (Å²) in [6.45, 7) is 6.30. The topological polar surface area (TPSA) is 372 Å². The summed E-state index contributed by atoms with van der Waals surface area (Å²) in [6.07, 6.45) is 0. The Morgan fingerprint density at radius 3 is 0.455 bits per heavy atom. The van der Waals surface area contributed by atoms with E-state index in [2.05, 4.69) is 9.44 Å². The smallest absolute Gasteiger partial charge is 0.243 e. The molecule has 0 fully saturated rings. The third kappa shape index (κ3) is 26.1. The van der Waals surface area contributed by atoms with Gasteiger partial charge in [-0.05, 0) is 172 Å². The van der Waals surface area contributed by atoms with E-state index in [0.29, 0.717) is 16.7 Å². The number of hydrogen-bond acceptors (Lipinski definition) is 20. The van der Waals surface area contributed by atoms with Gasteiger partial charge in [-0.15, -0.1) is 0 Å². The number of nitrogens with one attached hydrogen (secondary N) is 2. The molecule has 0 saturated heterocycles. The summed E-state index contributed by atoms with van der Waals surface area (Å²) in [5, 5.41) is 0. The van der Waals surface area contributed by atoms with E-state index in [1.54, 1.807) is 172 Å². The van der Waals surface area contributed by atoms with Crippen LogP contribution in [0.15, 0.2) is 262 Å². The quantitative estimate of drug-likeness (QED) is 0.0337. The lowest BCUT2D eigenvalue weighted by Crippen LogP contribution is -2.46. The Bertz CT molecular complexity index is 5720. The van der Waals surface area contributed by atoms with Crippen molar-refractivity contribution in [3.8, 4) is 0 Å². The zero-order valence-electron chi connectivity index (χ0n) is 68.9. The summed E-state index contributed by atoms with van der Waals surface area (Å²) in [4.78, 5) is -1.31. The van der Waals surface area contributed by atoms with Gasteiger partial charge in [0.15, 0.2) is 0 Å². The van der Waals surface area contributed by atoms with Crippen LogP contribution in [0.3, 0.4) is 0 Å². The monoisotopic (exact) mass is 1840 g/mol. The Balaban J connectivity index is 0.954. The van der Waals surface area contributed by atoms with Crippen LogP contribution in [0.4, 0.5) is 0 Å². The van der Waals surface area contributed by atoms with E-state index in [0.717, 1.165) is 63.5 Å². The summed E-state index contributed by atoms with van der Waals surface area (Å²) in [7, 11) is -39.9. The van der Waals surface area contributed by atoms with Gasteiger partial charge in [0, 0.05) is 105 Å². The molecule has 0 saturated carbocycles. The standard InChI is InChI=1S/C83H105N9O20S9/c1-66-10-28-75(29-11-66)113(93,94)84-46-48-86(115(97,98)77-32-14-68(3)15-33-77)50-54-89(118(103,104)80-38-20-71(6)21-39-80)58-62-111-64-60-91(120(107,108)82-42-24-73(8)25-43-82)56-52-88(117(101,102)79-36-18-70(5)19-37-79)53-57-92(121(109,110)83-44-26-74(9)27-45-83)61-65-112-63-59-90(119(105,106)81-40-22-72(7)23-41-81)55-51-87(116(99,100)78-34-16-69(4)17-35-78)49-47-85-114(95,96)76-30-12-67(2)13-31-76/h10-45,84-85H,46-65H2,1-9H3.